The molecule has 0 bridgehead atoms. The molecule has 2 aromatic carbocycles. The highest BCUT2D eigenvalue weighted by Crippen LogP contribution is 2.29. The second kappa shape index (κ2) is 10.0. The Morgan fingerprint density at radius 3 is 2.56 bits per heavy atom. The van der Waals surface area contributed by atoms with Crippen molar-refractivity contribution in [3.05, 3.63) is 65.7 Å². The Hall–Kier alpha value is -2.47. The van der Waals surface area contributed by atoms with E-state index in [1.165, 1.54) is 22.6 Å². The van der Waals surface area contributed by atoms with Crippen LogP contribution < -0.4 is 10.1 Å². The van der Waals surface area contributed by atoms with Crippen molar-refractivity contribution in [2.24, 2.45) is 0 Å². The van der Waals surface area contributed by atoms with Crippen LogP contribution in [0, 0.1) is 0 Å². The van der Waals surface area contributed by atoms with Gasteiger partial charge in [-0.15, -0.1) is 0 Å². The Morgan fingerprint density at radius 1 is 1.11 bits per heavy atom. The maximum absolute atomic E-state index is 14.4. The summed E-state index contributed by atoms with van der Waals surface area (Å²) in [6.45, 7) is -0.276. The van der Waals surface area contributed by atoms with E-state index in [4.69, 9.17) is 4.74 Å². The van der Waals surface area contributed by atoms with Crippen molar-refractivity contribution in [3.8, 4) is 5.75 Å². The lowest BCUT2D eigenvalue weighted by Gasteiger charge is -2.19. The first-order chi connectivity index (χ1) is 12.9. The largest absolute Gasteiger partial charge is 0.494 e. The minimum atomic E-state index is -3.09. The molecule has 4 nitrogen and oxygen atoms in total. The molecule has 6 heteroatoms. The minimum Gasteiger partial charge on any atom is -0.494 e. The van der Waals surface area contributed by atoms with E-state index in [2.05, 4.69) is 17.4 Å². The second-order valence-corrected chi connectivity index (χ2v) is 6.56. The van der Waals surface area contributed by atoms with Crippen molar-refractivity contribution in [1.82, 2.24) is 10.2 Å². The summed E-state index contributed by atoms with van der Waals surface area (Å²) < 4.78 is 34.3. The van der Waals surface area contributed by atoms with Gasteiger partial charge in [0.05, 0.1) is 19.7 Å². The SMILES string of the molecule is CN(C)C(=O)CNCC(F)(F)c1cccc(OCCCc2ccccc2)c1. The van der Waals surface area contributed by atoms with Gasteiger partial charge in [-0.2, -0.15) is 8.78 Å². The minimum absolute atomic E-state index is 0.127. The summed E-state index contributed by atoms with van der Waals surface area (Å²) in [6.07, 6.45) is 1.68. The van der Waals surface area contributed by atoms with Gasteiger partial charge in [-0.1, -0.05) is 42.5 Å². The van der Waals surface area contributed by atoms with Crippen molar-refractivity contribution in [3.63, 3.8) is 0 Å². The highest BCUT2D eigenvalue weighted by Gasteiger charge is 2.31. The van der Waals surface area contributed by atoms with Gasteiger partial charge in [0.1, 0.15) is 5.75 Å². The maximum atomic E-state index is 14.4. The molecule has 0 aliphatic heterocycles. The van der Waals surface area contributed by atoms with Gasteiger partial charge < -0.3 is 15.0 Å². The molecule has 0 aliphatic rings. The van der Waals surface area contributed by atoms with E-state index in [0.29, 0.717) is 12.4 Å². The number of amides is 1. The third kappa shape index (κ3) is 6.98. The van der Waals surface area contributed by atoms with E-state index < -0.39 is 12.5 Å². The topological polar surface area (TPSA) is 41.6 Å². The number of carbonyl (C=O) groups is 1. The molecule has 0 saturated carbocycles. The number of rotatable bonds is 10. The van der Waals surface area contributed by atoms with Crippen LogP contribution >= 0.6 is 0 Å². The molecule has 27 heavy (non-hydrogen) atoms. The van der Waals surface area contributed by atoms with Gasteiger partial charge in [-0.25, -0.2) is 0 Å². The highest BCUT2D eigenvalue weighted by atomic mass is 19.3. The summed E-state index contributed by atoms with van der Waals surface area (Å²) in [6, 6.07) is 16.0. The summed E-state index contributed by atoms with van der Waals surface area (Å²) in [5, 5.41) is 2.51. The van der Waals surface area contributed by atoms with Gasteiger partial charge in [0.15, 0.2) is 0 Å². The summed E-state index contributed by atoms with van der Waals surface area (Å²) in [5.74, 6) is -2.92. The van der Waals surface area contributed by atoms with E-state index in [9.17, 15) is 13.6 Å². The molecule has 0 fully saturated rings. The summed E-state index contributed by atoms with van der Waals surface area (Å²) in [5.41, 5.74) is 1.09. The summed E-state index contributed by atoms with van der Waals surface area (Å²) in [4.78, 5) is 12.8. The smallest absolute Gasteiger partial charge is 0.285 e. The molecule has 2 aromatic rings. The Morgan fingerprint density at radius 2 is 1.85 bits per heavy atom. The zero-order valence-corrected chi connectivity index (χ0v) is 15.8. The Bertz CT molecular complexity index is 721. The zero-order chi connectivity index (χ0) is 19.7. The third-order valence-electron chi connectivity index (χ3n) is 4.10. The molecular weight excluding hydrogens is 350 g/mol. The van der Waals surface area contributed by atoms with Crippen LogP contribution in [0.25, 0.3) is 0 Å². The molecule has 0 aromatic heterocycles. The van der Waals surface area contributed by atoms with E-state index >= 15 is 0 Å². The standard InChI is InChI=1S/C21H26F2N2O2/c1-25(2)20(26)15-24-16-21(22,23)18-11-6-12-19(14-18)27-13-7-10-17-8-4-3-5-9-17/h3-6,8-9,11-12,14,24H,7,10,13,15-16H2,1-2H3. The molecule has 0 saturated heterocycles. The second-order valence-electron chi connectivity index (χ2n) is 6.56. The van der Waals surface area contributed by atoms with E-state index in [-0.39, 0.29) is 18.0 Å². The van der Waals surface area contributed by atoms with Crippen molar-refractivity contribution in [2.45, 2.75) is 18.8 Å². The van der Waals surface area contributed by atoms with Crippen molar-refractivity contribution >= 4 is 5.91 Å². The molecule has 2 rings (SSSR count). The molecule has 1 N–H and O–H groups in total. The number of ether oxygens (including phenoxy) is 1. The van der Waals surface area contributed by atoms with Crippen LogP contribution in [0.1, 0.15) is 17.5 Å². The monoisotopic (exact) mass is 376 g/mol. The number of hydrogen-bond donors (Lipinski definition) is 1. The molecular formula is C21H26F2N2O2. The van der Waals surface area contributed by atoms with E-state index in [0.717, 1.165) is 12.8 Å². The van der Waals surface area contributed by atoms with Gasteiger partial charge >= 0.3 is 0 Å². The Labute approximate surface area is 159 Å². The van der Waals surface area contributed by atoms with Crippen LogP contribution in [-0.4, -0.2) is 44.6 Å². The van der Waals surface area contributed by atoms with Crippen molar-refractivity contribution in [1.29, 1.82) is 0 Å². The highest BCUT2D eigenvalue weighted by molar-refractivity contribution is 5.77. The summed E-state index contributed by atoms with van der Waals surface area (Å²) in [7, 11) is 3.17. The number of hydrogen-bond acceptors (Lipinski definition) is 3. The Balaban J connectivity index is 1.83. The first-order valence-corrected chi connectivity index (χ1v) is 8.94. The van der Waals surface area contributed by atoms with Crippen LogP contribution in [-0.2, 0) is 17.1 Å². The molecule has 0 heterocycles. The van der Waals surface area contributed by atoms with Crippen LogP contribution in [0.3, 0.4) is 0 Å². The number of nitrogens with zero attached hydrogens (tertiary/aromatic N) is 1. The molecule has 146 valence electrons. The lowest BCUT2D eigenvalue weighted by atomic mass is 10.1. The maximum Gasteiger partial charge on any atom is 0.285 e. The number of aryl methyl sites for hydroxylation is 1. The molecule has 0 aliphatic carbocycles. The fraction of sp³-hybridized carbons (Fsp3) is 0.381. The quantitative estimate of drug-likeness (QED) is 0.646. The van der Waals surface area contributed by atoms with Crippen LogP contribution in [0.4, 0.5) is 8.78 Å². The third-order valence-corrected chi connectivity index (χ3v) is 4.10. The van der Waals surface area contributed by atoms with Gasteiger partial charge in [-0.05, 0) is 30.5 Å². The first kappa shape index (κ1) is 20.8. The lowest BCUT2D eigenvalue weighted by Crippen LogP contribution is -2.38. The zero-order valence-electron chi connectivity index (χ0n) is 15.8. The van der Waals surface area contributed by atoms with Crippen LogP contribution in [0.15, 0.2) is 54.6 Å². The molecule has 0 atom stereocenters. The van der Waals surface area contributed by atoms with Gasteiger partial charge in [0.25, 0.3) is 5.92 Å². The lowest BCUT2D eigenvalue weighted by molar-refractivity contribution is -0.128. The molecule has 0 spiro atoms. The van der Waals surface area contributed by atoms with Gasteiger partial charge in [-0.3, -0.25) is 4.79 Å². The molecule has 1 amide bonds. The summed E-state index contributed by atoms with van der Waals surface area (Å²) >= 11 is 0. The number of alkyl halides is 2. The predicted molar refractivity (Wildman–Crippen MR) is 102 cm³/mol. The number of nitrogens with one attached hydrogen (secondary N) is 1. The van der Waals surface area contributed by atoms with Crippen LogP contribution in [0.5, 0.6) is 5.75 Å². The fourth-order valence-electron chi connectivity index (χ4n) is 2.51. The van der Waals surface area contributed by atoms with Crippen molar-refractivity contribution in [2.75, 3.05) is 33.8 Å². The van der Waals surface area contributed by atoms with Crippen LogP contribution in [0.2, 0.25) is 0 Å². The number of likely N-dealkylation sites (N-methyl/N-ethyl adjacent to an activating group) is 1. The average Bonchev–Trinajstić information content (AvgIpc) is 2.66. The number of carbonyl (C=O) groups excluding carboxylic acids is 1. The first-order valence-electron chi connectivity index (χ1n) is 8.94. The van der Waals surface area contributed by atoms with Gasteiger partial charge in [0, 0.05) is 19.7 Å². The van der Waals surface area contributed by atoms with E-state index in [1.807, 2.05) is 18.2 Å². The predicted octanol–water partition coefficient (Wildman–Crippen LogP) is 3.47. The van der Waals surface area contributed by atoms with E-state index in [1.54, 1.807) is 26.2 Å². The van der Waals surface area contributed by atoms with Crippen molar-refractivity contribution < 1.29 is 18.3 Å². The average molecular weight is 376 g/mol. The Kier molecular flexibility index (Phi) is 7.73. The molecule has 0 radical (unpaired) electrons. The molecule has 0 unspecified atom stereocenters. The number of halogens is 2. The normalized spacial score (nSPS) is 11.3. The fourth-order valence-corrected chi connectivity index (χ4v) is 2.51. The van der Waals surface area contributed by atoms with Gasteiger partial charge in [0.2, 0.25) is 5.91 Å². The number of benzene rings is 2.